The van der Waals surface area contributed by atoms with Crippen LogP contribution in [0.5, 0.6) is 0 Å². The fourth-order valence-corrected chi connectivity index (χ4v) is 5.19. The van der Waals surface area contributed by atoms with Gasteiger partial charge in [0.1, 0.15) is 16.6 Å². The second-order valence-electron chi connectivity index (χ2n) is 7.72. The van der Waals surface area contributed by atoms with Crippen LogP contribution in [0.4, 0.5) is 5.00 Å². The molecule has 2 aromatic rings. The molecule has 1 amide bonds. The molecule has 0 saturated heterocycles. The van der Waals surface area contributed by atoms with Gasteiger partial charge in [0.25, 0.3) is 5.91 Å². The van der Waals surface area contributed by atoms with E-state index in [1.54, 1.807) is 12.1 Å². The van der Waals surface area contributed by atoms with Crippen molar-refractivity contribution < 1.29 is 10.1 Å². The van der Waals surface area contributed by atoms with E-state index in [-0.39, 0.29) is 17.0 Å². The van der Waals surface area contributed by atoms with E-state index in [0.29, 0.717) is 16.1 Å². The number of thiophene rings is 1. The zero-order valence-corrected chi connectivity index (χ0v) is 17.1. The summed E-state index contributed by atoms with van der Waals surface area (Å²) >= 11 is 4.90. The summed E-state index contributed by atoms with van der Waals surface area (Å²) in [4.78, 5) is 13.7. The van der Waals surface area contributed by atoms with E-state index < -0.39 is 0 Å². The van der Waals surface area contributed by atoms with Crippen molar-refractivity contribution in [3.05, 3.63) is 50.3 Å². The van der Waals surface area contributed by atoms with Gasteiger partial charge in [0, 0.05) is 16.5 Å². The van der Waals surface area contributed by atoms with Crippen molar-refractivity contribution in [1.29, 1.82) is 5.26 Å². The van der Waals surface area contributed by atoms with Crippen molar-refractivity contribution in [1.82, 2.24) is 0 Å². The van der Waals surface area contributed by atoms with E-state index in [1.165, 1.54) is 16.2 Å². The molecule has 130 valence electrons. The second-order valence-corrected chi connectivity index (χ2v) is 9.65. The summed E-state index contributed by atoms with van der Waals surface area (Å²) < 4.78 is 0.924. The number of hydrogen-bond acceptors (Lipinski definition) is 3. The predicted molar refractivity (Wildman–Crippen MR) is 104 cm³/mol. The highest BCUT2D eigenvalue weighted by Gasteiger charge is 2.44. The monoisotopic (exact) mass is 418 g/mol. The van der Waals surface area contributed by atoms with Crippen LogP contribution in [0, 0.1) is 11.3 Å². The Hall–Kier alpha value is -1.68. The molecule has 0 fully saturated rings. The number of nitrogens with one attached hydrogen (secondary N) is 1. The fraction of sp³-hybridized carbons (Fsp3) is 0.368. The molecule has 2 heterocycles. The van der Waals surface area contributed by atoms with Crippen LogP contribution in [0.15, 0.2) is 28.7 Å². The van der Waals surface area contributed by atoms with E-state index in [1.807, 2.05) is 12.1 Å². The Kier molecular flexibility index (Phi) is 4.52. The molecule has 25 heavy (non-hydrogen) atoms. The molecule has 0 radical (unpaired) electrons. The van der Waals surface area contributed by atoms with Gasteiger partial charge >= 0.3 is 0 Å². The van der Waals surface area contributed by atoms with Crippen molar-refractivity contribution in [3.8, 4) is 6.07 Å². The third-order valence-electron chi connectivity index (χ3n) is 4.42. The fourth-order valence-electron chi connectivity index (χ4n) is 3.69. The van der Waals surface area contributed by atoms with Crippen molar-refractivity contribution in [3.63, 3.8) is 0 Å². The number of carbonyl (C=O) groups excluding carboxylic acids is 1. The first-order valence-electron chi connectivity index (χ1n) is 8.13. The lowest BCUT2D eigenvalue weighted by Gasteiger charge is -2.38. The largest absolute Gasteiger partial charge is 0.333 e. The first-order valence-corrected chi connectivity index (χ1v) is 9.74. The molecule has 0 spiro atoms. The average molecular weight is 419 g/mol. The first kappa shape index (κ1) is 18.1. The minimum atomic E-state index is -0.191. The van der Waals surface area contributed by atoms with E-state index in [2.05, 4.69) is 60.3 Å². The van der Waals surface area contributed by atoms with Gasteiger partial charge in [-0.25, -0.2) is 0 Å². The van der Waals surface area contributed by atoms with Crippen LogP contribution in [-0.2, 0) is 12.0 Å². The third kappa shape index (κ3) is 3.50. The van der Waals surface area contributed by atoms with Gasteiger partial charge in [-0.3, -0.25) is 4.79 Å². The van der Waals surface area contributed by atoms with Gasteiger partial charge in [-0.1, -0.05) is 15.9 Å². The van der Waals surface area contributed by atoms with Gasteiger partial charge in [0.05, 0.1) is 16.0 Å². The summed E-state index contributed by atoms with van der Waals surface area (Å²) in [5.41, 5.74) is 2.17. The van der Waals surface area contributed by atoms with Gasteiger partial charge in [-0.2, -0.15) is 5.26 Å². The standard InChI is InChI=1S/C19H20BrN3OS/c1-18(2)9-13-14(10-21)17(25-15(13)19(3,4)23-18)22-16(24)11-5-7-12(20)8-6-11/h5-8,23H,9H2,1-4H3,(H,22,24)/p+1. The Morgan fingerprint density at radius 2 is 1.92 bits per heavy atom. The summed E-state index contributed by atoms with van der Waals surface area (Å²) in [6, 6.07) is 9.51. The highest BCUT2D eigenvalue weighted by Crippen LogP contribution is 2.41. The molecule has 6 heteroatoms. The third-order valence-corrected chi connectivity index (χ3v) is 6.44. The molecule has 1 aromatic carbocycles. The summed E-state index contributed by atoms with van der Waals surface area (Å²) in [5, 5.41) is 15.7. The van der Waals surface area contributed by atoms with E-state index >= 15 is 0 Å². The molecule has 0 aliphatic carbocycles. The number of nitrogens with zero attached hydrogens (tertiary/aromatic N) is 1. The molecular formula is C19H21BrN3OS+. The van der Waals surface area contributed by atoms with Crippen LogP contribution in [0.3, 0.4) is 0 Å². The SMILES string of the molecule is CC1(C)Cc2c(sc(NC(=O)c3ccc(Br)cc3)c2C#N)C(C)(C)[NH2+]1. The highest BCUT2D eigenvalue weighted by molar-refractivity contribution is 9.10. The Morgan fingerprint density at radius 1 is 1.28 bits per heavy atom. The lowest BCUT2D eigenvalue weighted by Crippen LogP contribution is -3.03. The summed E-state index contributed by atoms with van der Waals surface area (Å²) in [6.45, 7) is 8.72. The van der Waals surface area contributed by atoms with E-state index in [0.717, 1.165) is 16.5 Å². The number of nitrogens with two attached hydrogens (primary N) is 1. The highest BCUT2D eigenvalue weighted by atomic mass is 79.9. The Balaban J connectivity index is 1.99. The van der Waals surface area contributed by atoms with Gasteiger partial charge in [0.2, 0.25) is 0 Å². The summed E-state index contributed by atoms with van der Waals surface area (Å²) in [7, 11) is 0. The average Bonchev–Trinajstić information content (AvgIpc) is 2.83. The lowest BCUT2D eigenvalue weighted by molar-refractivity contribution is -0.789. The van der Waals surface area contributed by atoms with Crippen molar-refractivity contribution in [2.75, 3.05) is 5.32 Å². The molecule has 0 saturated carbocycles. The van der Waals surface area contributed by atoms with Crippen LogP contribution < -0.4 is 10.6 Å². The molecule has 4 nitrogen and oxygen atoms in total. The number of fused-ring (bicyclic) bond motifs is 1. The van der Waals surface area contributed by atoms with Crippen molar-refractivity contribution in [2.45, 2.75) is 45.2 Å². The van der Waals surface area contributed by atoms with Gasteiger partial charge in [-0.15, -0.1) is 11.3 Å². The number of anilines is 1. The Labute approximate surface area is 160 Å². The van der Waals surface area contributed by atoms with Crippen LogP contribution in [0.1, 0.15) is 54.1 Å². The first-order chi connectivity index (χ1) is 11.6. The van der Waals surface area contributed by atoms with Crippen molar-refractivity contribution >= 4 is 38.2 Å². The van der Waals surface area contributed by atoms with Gasteiger partial charge in [0.15, 0.2) is 0 Å². The van der Waals surface area contributed by atoms with Crippen molar-refractivity contribution in [2.24, 2.45) is 0 Å². The maximum atomic E-state index is 12.6. The summed E-state index contributed by atoms with van der Waals surface area (Å²) in [6.07, 6.45) is 0.819. The Morgan fingerprint density at radius 3 is 2.52 bits per heavy atom. The second kappa shape index (κ2) is 6.24. The minimum absolute atomic E-state index is 0.0240. The number of rotatable bonds is 2. The predicted octanol–water partition coefficient (Wildman–Crippen LogP) is 3.77. The van der Waals surface area contributed by atoms with Gasteiger partial charge < -0.3 is 10.6 Å². The van der Waals surface area contributed by atoms with Crippen LogP contribution in [-0.4, -0.2) is 11.4 Å². The molecule has 0 atom stereocenters. The number of benzene rings is 1. The van der Waals surface area contributed by atoms with E-state index in [9.17, 15) is 10.1 Å². The molecule has 1 aliphatic rings. The molecule has 3 rings (SSSR count). The molecule has 0 unspecified atom stereocenters. The van der Waals surface area contributed by atoms with Crippen LogP contribution in [0.2, 0.25) is 0 Å². The number of halogens is 1. The molecular weight excluding hydrogens is 398 g/mol. The quantitative estimate of drug-likeness (QED) is 0.778. The van der Waals surface area contributed by atoms with Crippen LogP contribution >= 0.6 is 27.3 Å². The molecule has 1 aromatic heterocycles. The lowest BCUT2D eigenvalue weighted by atomic mass is 9.81. The minimum Gasteiger partial charge on any atom is -0.333 e. The Bertz CT molecular complexity index is 875. The normalized spacial score (nSPS) is 17.4. The zero-order chi connectivity index (χ0) is 18.4. The smallest absolute Gasteiger partial charge is 0.256 e. The number of amides is 1. The number of quaternary nitrogens is 1. The molecule has 0 bridgehead atoms. The number of hydrogen-bond donors (Lipinski definition) is 2. The maximum absolute atomic E-state index is 12.6. The topological polar surface area (TPSA) is 69.5 Å². The van der Waals surface area contributed by atoms with E-state index in [4.69, 9.17) is 0 Å². The van der Waals surface area contributed by atoms with Gasteiger partial charge in [-0.05, 0) is 57.5 Å². The zero-order valence-electron chi connectivity index (χ0n) is 14.7. The number of nitriles is 1. The molecule has 1 aliphatic heterocycles. The number of carbonyl (C=O) groups is 1. The van der Waals surface area contributed by atoms with Crippen LogP contribution in [0.25, 0.3) is 0 Å². The molecule has 3 N–H and O–H groups in total. The summed E-state index contributed by atoms with van der Waals surface area (Å²) in [5.74, 6) is -0.191. The maximum Gasteiger partial charge on any atom is 0.256 e.